The maximum atomic E-state index is 12.1. The highest BCUT2D eigenvalue weighted by atomic mass is 16.5. The summed E-state index contributed by atoms with van der Waals surface area (Å²) in [5.74, 6) is 1.48. The average Bonchev–Trinajstić information content (AvgIpc) is 2.97. The molecule has 10 heteroatoms. The highest BCUT2D eigenvalue weighted by Crippen LogP contribution is 2.32. The first-order valence-electron chi connectivity index (χ1n) is 13.1. The fourth-order valence-electron chi connectivity index (χ4n) is 4.69. The van der Waals surface area contributed by atoms with Gasteiger partial charge in [0.2, 0.25) is 5.95 Å². The van der Waals surface area contributed by atoms with E-state index in [1.165, 1.54) is 14.2 Å². The molecule has 0 spiro atoms. The zero-order chi connectivity index (χ0) is 27.2. The number of esters is 1. The Bertz CT molecular complexity index is 1270. The first-order valence-corrected chi connectivity index (χ1v) is 13.1. The number of fused-ring (bicyclic) bond motifs is 1. The second-order valence-electron chi connectivity index (χ2n) is 9.06. The van der Waals surface area contributed by atoms with Crippen LogP contribution in [0.3, 0.4) is 0 Å². The summed E-state index contributed by atoms with van der Waals surface area (Å²) in [6.45, 7) is 12.3. The summed E-state index contributed by atoms with van der Waals surface area (Å²) in [4.78, 5) is 31.4. The molecule has 38 heavy (non-hydrogen) atoms. The lowest BCUT2D eigenvalue weighted by Gasteiger charge is -2.37. The van der Waals surface area contributed by atoms with E-state index in [4.69, 9.17) is 33.9 Å². The zero-order valence-electron chi connectivity index (χ0n) is 23.1. The number of anilines is 2. The number of ether oxygens (including phenoxy) is 4. The topological polar surface area (TPSA) is 99.1 Å². The van der Waals surface area contributed by atoms with E-state index < -0.39 is 5.97 Å². The van der Waals surface area contributed by atoms with Crippen molar-refractivity contribution in [3.05, 3.63) is 35.9 Å². The van der Waals surface area contributed by atoms with Crippen molar-refractivity contribution in [2.24, 2.45) is 0 Å². The van der Waals surface area contributed by atoms with Gasteiger partial charge >= 0.3 is 5.97 Å². The number of benzene rings is 1. The maximum absolute atomic E-state index is 12.1. The summed E-state index contributed by atoms with van der Waals surface area (Å²) in [5, 5.41) is 0.885. The van der Waals surface area contributed by atoms with Crippen LogP contribution >= 0.6 is 0 Å². The largest absolute Gasteiger partial charge is 0.496 e. The van der Waals surface area contributed by atoms with Crippen molar-refractivity contribution in [1.29, 1.82) is 0 Å². The van der Waals surface area contributed by atoms with Crippen LogP contribution in [0.1, 0.15) is 38.1 Å². The van der Waals surface area contributed by atoms with E-state index in [1.54, 1.807) is 12.1 Å². The lowest BCUT2D eigenvalue weighted by molar-refractivity contribution is 0.0597. The second kappa shape index (κ2) is 12.4. The summed E-state index contributed by atoms with van der Waals surface area (Å²) in [6.07, 6.45) is 0. The van der Waals surface area contributed by atoms with E-state index in [0.717, 1.165) is 35.6 Å². The predicted molar refractivity (Wildman–Crippen MR) is 147 cm³/mol. The van der Waals surface area contributed by atoms with Crippen LogP contribution in [0.5, 0.6) is 5.75 Å². The molecule has 2 aliphatic heterocycles. The first-order chi connectivity index (χ1) is 18.5. The molecular weight excluding hydrogens is 486 g/mol. The van der Waals surface area contributed by atoms with Gasteiger partial charge in [-0.2, -0.15) is 9.97 Å². The van der Waals surface area contributed by atoms with Crippen molar-refractivity contribution in [1.82, 2.24) is 15.0 Å². The van der Waals surface area contributed by atoms with Gasteiger partial charge in [-0.1, -0.05) is 19.9 Å². The predicted octanol–water partition coefficient (Wildman–Crippen LogP) is 3.96. The quantitative estimate of drug-likeness (QED) is 0.457. The van der Waals surface area contributed by atoms with Crippen LogP contribution in [0.25, 0.3) is 22.3 Å². The molecule has 0 N–H and O–H groups in total. The molecule has 0 amide bonds. The molecule has 0 radical (unpaired) electrons. The van der Waals surface area contributed by atoms with Crippen molar-refractivity contribution >= 4 is 28.8 Å². The molecule has 0 unspecified atom stereocenters. The lowest BCUT2D eigenvalue weighted by atomic mass is 10.1. The molecule has 0 bridgehead atoms. The minimum absolute atomic E-state index is 0.157. The number of hydrogen-bond acceptors (Lipinski definition) is 10. The third-order valence-corrected chi connectivity index (χ3v) is 6.69. The van der Waals surface area contributed by atoms with Gasteiger partial charge in [0.15, 0.2) is 5.65 Å². The van der Waals surface area contributed by atoms with E-state index in [9.17, 15) is 4.79 Å². The molecule has 0 saturated carbocycles. The minimum atomic E-state index is -0.453. The highest BCUT2D eigenvalue weighted by molar-refractivity contribution is 5.94. The van der Waals surface area contributed by atoms with E-state index in [1.807, 2.05) is 32.0 Å². The first kappa shape index (κ1) is 27.5. The lowest BCUT2D eigenvalue weighted by Crippen LogP contribution is -2.46. The number of methoxy groups -OCH3 is 2. The third-order valence-electron chi connectivity index (χ3n) is 6.69. The molecule has 204 valence electrons. The van der Waals surface area contributed by atoms with E-state index in [-0.39, 0.29) is 12.1 Å². The number of hydrogen-bond donors (Lipinski definition) is 0. The molecule has 5 rings (SSSR count). The van der Waals surface area contributed by atoms with Crippen molar-refractivity contribution in [3.8, 4) is 17.0 Å². The minimum Gasteiger partial charge on any atom is -0.496 e. The summed E-state index contributed by atoms with van der Waals surface area (Å²) >= 11 is 0. The molecule has 2 aromatic heterocycles. The molecule has 0 aliphatic carbocycles. The Kier molecular flexibility index (Phi) is 8.96. The van der Waals surface area contributed by atoms with Crippen molar-refractivity contribution in [2.45, 2.75) is 39.8 Å². The van der Waals surface area contributed by atoms with E-state index >= 15 is 0 Å². The summed E-state index contributed by atoms with van der Waals surface area (Å²) < 4.78 is 21.6. The van der Waals surface area contributed by atoms with Crippen LogP contribution in [0.2, 0.25) is 0 Å². The van der Waals surface area contributed by atoms with Crippen LogP contribution in [0.4, 0.5) is 11.8 Å². The fraction of sp³-hybridized carbons (Fsp3) is 0.500. The molecule has 2 saturated heterocycles. The molecule has 1 aromatic carbocycles. The second-order valence-corrected chi connectivity index (χ2v) is 9.06. The van der Waals surface area contributed by atoms with Gasteiger partial charge in [0.05, 0.1) is 63.8 Å². The molecule has 2 atom stereocenters. The number of aromatic nitrogens is 3. The molecule has 10 nitrogen and oxygen atoms in total. The van der Waals surface area contributed by atoms with Crippen LogP contribution < -0.4 is 14.5 Å². The average molecular weight is 524 g/mol. The Hall–Kier alpha value is -3.50. The van der Waals surface area contributed by atoms with Gasteiger partial charge in [-0.3, -0.25) is 0 Å². The third kappa shape index (κ3) is 5.51. The number of carbonyl (C=O) groups excluding carboxylic acids is 1. The SMILES string of the molecule is CC.COC(=O)c1ccc(-c2ccc3c(N4CCOC[C@@H]4C)nc(N4CCOC[C@@H]4C)nc3n2)cc1OC. The Balaban J connectivity index is 0.00000164. The van der Waals surface area contributed by atoms with Gasteiger partial charge in [-0.15, -0.1) is 0 Å². The molecule has 3 aromatic rings. The van der Waals surface area contributed by atoms with Gasteiger partial charge in [-0.25, -0.2) is 9.78 Å². The van der Waals surface area contributed by atoms with E-state index in [2.05, 4.69) is 23.6 Å². The van der Waals surface area contributed by atoms with Gasteiger partial charge in [0.25, 0.3) is 0 Å². The van der Waals surface area contributed by atoms with Crippen molar-refractivity contribution in [3.63, 3.8) is 0 Å². The van der Waals surface area contributed by atoms with Gasteiger partial charge in [0.1, 0.15) is 17.1 Å². The standard InChI is InChI=1S/C26H31N5O5.C2H6/c1-16-14-35-11-9-30(16)24-20-7-8-21(18-5-6-19(25(32)34-4)22(13-18)33-3)27-23(20)28-26(29-24)31-10-12-36-15-17(31)2;1-2/h5-8,13,16-17H,9-12,14-15H2,1-4H3;1-2H3/t16-,17-;/m0./s1. The number of rotatable bonds is 5. The zero-order valence-corrected chi connectivity index (χ0v) is 23.1. The molecule has 2 aliphatic rings. The molecule has 4 heterocycles. The molecule has 2 fully saturated rings. The van der Waals surface area contributed by atoms with Crippen molar-refractivity contribution < 1.29 is 23.7 Å². The molecular formula is C28H37N5O5. The number of nitrogens with zero attached hydrogens (tertiary/aromatic N) is 5. The smallest absolute Gasteiger partial charge is 0.341 e. The monoisotopic (exact) mass is 523 g/mol. The number of pyridine rings is 1. The van der Waals surface area contributed by atoms with Gasteiger partial charge < -0.3 is 28.7 Å². The van der Waals surface area contributed by atoms with Gasteiger partial charge in [-0.05, 0) is 38.1 Å². The Morgan fingerprint density at radius 3 is 2.24 bits per heavy atom. The van der Waals surface area contributed by atoms with Gasteiger partial charge in [0, 0.05) is 18.7 Å². The summed E-state index contributed by atoms with van der Waals surface area (Å²) in [5.41, 5.74) is 2.50. The Morgan fingerprint density at radius 2 is 1.61 bits per heavy atom. The van der Waals surface area contributed by atoms with E-state index in [0.29, 0.717) is 49.3 Å². The fourth-order valence-corrected chi connectivity index (χ4v) is 4.69. The number of morpholine rings is 2. The highest BCUT2D eigenvalue weighted by Gasteiger charge is 2.27. The summed E-state index contributed by atoms with van der Waals surface area (Å²) in [6, 6.07) is 9.61. The van der Waals surface area contributed by atoms with Crippen LogP contribution in [-0.4, -0.2) is 86.7 Å². The normalized spacial score (nSPS) is 19.5. The van der Waals surface area contributed by atoms with Crippen LogP contribution in [0.15, 0.2) is 30.3 Å². The van der Waals surface area contributed by atoms with Crippen LogP contribution in [0, 0.1) is 0 Å². The Labute approximate surface area is 223 Å². The van der Waals surface area contributed by atoms with Crippen LogP contribution in [-0.2, 0) is 14.2 Å². The summed E-state index contributed by atoms with van der Waals surface area (Å²) in [7, 11) is 2.87. The Morgan fingerprint density at radius 1 is 0.921 bits per heavy atom. The number of carbonyl (C=O) groups is 1. The maximum Gasteiger partial charge on any atom is 0.341 e. The van der Waals surface area contributed by atoms with Crippen molar-refractivity contribution in [2.75, 3.05) is 63.5 Å².